The molecule has 0 saturated heterocycles. The number of amides is 1. The first-order valence-corrected chi connectivity index (χ1v) is 4.95. The van der Waals surface area contributed by atoms with Gasteiger partial charge in [0.25, 0.3) is 0 Å². The molecule has 0 aliphatic heterocycles. The van der Waals surface area contributed by atoms with Crippen LogP contribution in [0.2, 0.25) is 0 Å². The number of hydrogen-bond donors (Lipinski definition) is 2. The molecule has 0 radical (unpaired) electrons. The second-order valence-electron chi connectivity index (χ2n) is 2.22. The van der Waals surface area contributed by atoms with Crippen LogP contribution in [0.25, 0.3) is 0 Å². The van der Waals surface area contributed by atoms with E-state index in [9.17, 15) is 4.79 Å². The molecule has 0 rings (SSSR count). The van der Waals surface area contributed by atoms with Crippen molar-refractivity contribution in [1.29, 1.82) is 0 Å². The zero-order chi connectivity index (χ0) is 8.53. The molecule has 0 aromatic heterocycles. The molecular weight excluding hydrogens is 160 g/mol. The Hall–Kier alpha value is -0.220. The van der Waals surface area contributed by atoms with Crippen LogP contribution >= 0.6 is 11.8 Å². The lowest BCUT2D eigenvalue weighted by molar-refractivity contribution is -0.118. The summed E-state index contributed by atoms with van der Waals surface area (Å²) >= 11 is 1.66. The van der Waals surface area contributed by atoms with Crippen molar-refractivity contribution in [3.8, 4) is 0 Å². The average Bonchev–Trinajstić information content (AvgIpc) is 2.04. The van der Waals surface area contributed by atoms with Gasteiger partial charge >= 0.3 is 0 Å². The largest absolute Gasteiger partial charge is 0.358 e. The van der Waals surface area contributed by atoms with Crippen molar-refractivity contribution < 1.29 is 4.79 Å². The van der Waals surface area contributed by atoms with Crippen molar-refractivity contribution >= 4 is 17.7 Å². The van der Waals surface area contributed by atoms with Crippen molar-refractivity contribution in [1.82, 2.24) is 5.32 Å². The highest BCUT2D eigenvalue weighted by Gasteiger charge is 1.96. The molecule has 0 aromatic carbocycles. The third-order valence-electron chi connectivity index (χ3n) is 1.25. The van der Waals surface area contributed by atoms with Crippen LogP contribution in [0.3, 0.4) is 0 Å². The molecular formula is C7H16N2OS. The van der Waals surface area contributed by atoms with E-state index in [0.29, 0.717) is 5.75 Å². The first kappa shape index (κ1) is 10.8. The van der Waals surface area contributed by atoms with Gasteiger partial charge < -0.3 is 11.1 Å². The van der Waals surface area contributed by atoms with Gasteiger partial charge in [0, 0.05) is 7.05 Å². The van der Waals surface area contributed by atoms with Crippen LogP contribution in [0.1, 0.15) is 12.8 Å². The lowest BCUT2D eigenvalue weighted by atomic mass is 10.3. The minimum Gasteiger partial charge on any atom is -0.358 e. The van der Waals surface area contributed by atoms with Gasteiger partial charge in [0.2, 0.25) is 5.91 Å². The second kappa shape index (κ2) is 7.88. The number of unbranched alkanes of at least 4 members (excludes halogenated alkanes) is 1. The van der Waals surface area contributed by atoms with Gasteiger partial charge in [-0.3, -0.25) is 4.79 Å². The quantitative estimate of drug-likeness (QED) is 0.569. The summed E-state index contributed by atoms with van der Waals surface area (Å²) in [6.07, 6.45) is 2.17. The minimum absolute atomic E-state index is 0.0998. The summed E-state index contributed by atoms with van der Waals surface area (Å²) in [6.45, 7) is 0.751. The number of hydrogen-bond acceptors (Lipinski definition) is 3. The van der Waals surface area contributed by atoms with Gasteiger partial charge in [-0.2, -0.15) is 11.8 Å². The summed E-state index contributed by atoms with van der Waals surface area (Å²) in [5.74, 6) is 1.70. The maximum Gasteiger partial charge on any atom is 0.229 e. The van der Waals surface area contributed by atoms with Crippen LogP contribution < -0.4 is 11.1 Å². The number of thioether (sulfide) groups is 1. The van der Waals surface area contributed by atoms with Gasteiger partial charge in [0.05, 0.1) is 5.75 Å². The first-order valence-electron chi connectivity index (χ1n) is 3.79. The van der Waals surface area contributed by atoms with Crippen molar-refractivity contribution in [2.75, 3.05) is 25.1 Å². The van der Waals surface area contributed by atoms with Crippen LogP contribution in [0.5, 0.6) is 0 Å². The van der Waals surface area contributed by atoms with Gasteiger partial charge in [-0.15, -0.1) is 0 Å². The maximum atomic E-state index is 10.7. The highest BCUT2D eigenvalue weighted by atomic mass is 32.2. The number of nitrogens with two attached hydrogens (primary N) is 1. The van der Waals surface area contributed by atoms with E-state index in [2.05, 4.69) is 5.32 Å². The zero-order valence-corrected chi connectivity index (χ0v) is 7.75. The van der Waals surface area contributed by atoms with Crippen LogP contribution in [0, 0.1) is 0 Å². The predicted molar refractivity (Wildman–Crippen MR) is 49.7 cm³/mol. The summed E-state index contributed by atoms with van der Waals surface area (Å²) in [7, 11) is 1.66. The van der Waals surface area contributed by atoms with E-state index in [0.717, 1.165) is 25.1 Å². The molecule has 0 unspecified atom stereocenters. The average molecular weight is 176 g/mol. The zero-order valence-electron chi connectivity index (χ0n) is 6.93. The Morgan fingerprint density at radius 3 is 2.82 bits per heavy atom. The molecule has 0 spiro atoms. The van der Waals surface area contributed by atoms with Crippen molar-refractivity contribution in [3.63, 3.8) is 0 Å². The van der Waals surface area contributed by atoms with E-state index < -0.39 is 0 Å². The van der Waals surface area contributed by atoms with Crippen LogP contribution in [0.4, 0.5) is 0 Å². The van der Waals surface area contributed by atoms with E-state index in [-0.39, 0.29) is 5.91 Å². The number of rotatable bonds is 6. The first-order chi connectivity index (χ1) is 5.31. The summed E-state index contributed by atoms with van der Waals surface area (Å²) in [6, 6.07) is 0. The summed E-state index contributed by atoms with van der Waals surface area (Å²) in [5, 5.41) is 2.57. The Balaban J connectivity index is 2.95. The topological polar surface area (TPSA) is 55.1 Å². The van der Waals surface area contributed by atoms with Gasteiger partial charge in [-0.25, -0.2) is 0 Å². The Kier molecular flexibility index (Phi) is 7.72. The fourth-order valence-corrected chi connectivity index (χ4v) is 1.47. The Labute approximate surface area is 72.1 Å². The molecule has 0 heterocycles. The maximum absolute atomic E-state index is 10.7. The highest BCUT2D eigenvalue weighted by molar-refractivity contribution is 7.99. The smallest absolute Gasteiger partial charge is 0.229 e. The molecule has 0 atom stereocenters. The standard InChI is InChI=1S/C7H16N2OS/c1-9-7(10)6-11-5-3-2-4-8/h2-6,8H2,1H3,(H,9,10). The fourth-order valence-electron chi connectivity index (χ4n) is 0.585. The summed E-state index contributed by atoms with van der Waals surface area (Å²) < 4.78 is 0. The molecule has 1 amide bonds. The van der Waals surface area contributed by atoms with Crippen LogP contribution in [-0.4, -0.2) is 31.0 Å². The molecule has 0 aromatic rings. The van der Waals surface area contributed by atoms with Crippen molar-refractivity contribution in [2.45, 2.75) is 12.8 Å². The molecule has 66 valence electrons. The molecule has 11 heavy (non-hydrogen) atoms. The van der Waals surface area contributed by atoms with Crippen LogP contribution in [0.15, 0.2) is 0 Å². The molecule has 0 fully saturated rings. The van der Waals surface area contributed by atoms with Crippen molar-refractivity contribution in [3.05, 3.63) is 0 Å². The van der Waals surface area contributed by atoms with E-state index in [4.69, 9.17) is 5.73 Å². The Morgan fingerprint density at radius 2 is 2.27 bits per heavy atom. The third-order valence-corrected chi connectivity index (χ3v) is 2.30. The summed E-state index contributed by atoms with van der Waals surface area (Å²) in [4.78, 5) is 10.7. The Morgan fingerprint density at radius 1 is 1.55 bits per heavy atom. The third kappa shape index (κ3) is 7.68. The molecule has 0 saturated carbocycles. The molecule has 0 aliphatic carbocycles. The predicted octanol–water partition coefficient (Wildman–Crippen LogP) is 0.205. The lowest BCUT2D eigenvalue weighted by Crippen LogP contribution is -2.20. The number of carbonyl (C=O) groups excluding carboxylic acids is 1. The van der Waals surface area contributed by atoms with Crippen molar-refractivity contribution in [2.24, 2.45) is 5.73 Å². The monoisotopic (exact) mass is 176 g/mol. The Bertz CT molecular complexity index is 109. The lowest BCUT2D eigenvalue weighted by Gasteiger charge is -1.99. The van der Waals surface area contributed by atoms with E-state index >= 15 is 0 Å². The van der Waals surface area contributed by atoms with E-state index in [1.165, 1.54) is 0 Å². The molecule has 0 bridgehead atoms. The van der Waals surface area contributed by atoms with Gasteiger partial charge in [0.15, 0.2) is 0 Å². The van der Waals surface area contributed by atoms with Gasteiger partial charge in [-0.05, 0) is 25.1 Å². The van der Waals surface area contributed by atoms with Gasteiger partial charge in [-0.1, -0.05) is 0 Å². The summed E-state index contributed by atoms with van der Waals surface area (Å²) in [5.41, 5.74) is 5.31. The molecule has 0 aliphatic rings. The fraction of sp³-hybridized carbons (Fsp3) is 0.857. The minimum atomic E-state index is 0.0998. The highest BCUT2D eigenvalue weighted by Crippen LogP contribution is 2.02. The normalized spacial score (nSPS) is 9.64. The van der Waals surface area contributed by atoms with E-state index in [1.54, 1.807) is 18.8 Å². The van der Waals surface area contributed by atoms with Crippen LogP contribution in [-0.2, 0) is 4.79 Å². The number of nitrogens with one attached hydrogen (secondary N) is 1. The second-order valence-corrected chi connectivity index (χ2v) is 3.33. The molecule has 3 N–H and O–H groups in total. The molecule has 3 nitrogen and oxygen atoms in total. The van der Waals surface area contributed by atoms with Gasteiger partial charge in [0.1, 0.15) is 0 Å². The SMILES string of the molecule is CNC(=O)CSCCCCN. The van der Waals surface area contributed by atoms with E-state index in [1.807, 2.05) is 0 Å². The number of carbonyl (C=O) groups is 1. The molecule has 4 heteroatoms.